The Labute approximate surface area is 188 Å². The number of anilines is 1. The Morgan fingerprint density at radius 3 is 2.44 bits per heavy atom. The van der Waals surface area contributed by atoms with E-state index in [1.54, 1.807) is 19.2 Å². The van der Waals surface area contributed by atoms with Gasteiger partial charge in [-0.2, -0.15) is 0 Å². The number of aliphatic hydroxyl groups excluding tert-OH is 2. The van der Waals surface area contributed by atoms with Crippen molar-refractivity contribution in [1.82, 2.24) is 10.2 Å². The van der Waals surface area contributed by atoms with E-state index in [2.05, 4.69) is 15.1 Å². The molecule has 0 bridgehead atoms. The molecular weight excluding hydrogens is 410 g/mol. The van der Waals surface area contributed by atoms with Crippen LogP contribution in [0.15, 0.2) is 54.6 Å². The highest BCUT2D eigenvalue weighted by Gasteiger charge is 2.46. The molecule has 0 radical (unpaired) electrons. The van der Waals surface area contributed by atoms with Gasteiger partial charge in [0.2, 0.25) is 0 Å². The fourth-order valence-electron chi connectivity index (χ4n) is 4.63. The topological polar surface area (TPSA) is 94.5 Å². The number of para-hydroxylation sites is 2. The van der Waals surface area contributed by atoms with Gasteiger partial charge in [-0.05, 0) is 24.3 Å². The van der Waals surface area contributed by atoms with Gasteiger partial charge in [0.25, 0.3) is 5.91 Å². The van der Waals surface area contributed by atoms with Crippen LogP contribution in [0, 0.1) is 0 Å². The summed E-state index contributed by atoms with van der Waals surface area (Å²) in [7, 11) is 1.67. The molecular formula is C24H31N3O5. The van der Waals surface area contributed by atoms with Crippen molar-refractivity contribution in [2.24, 2.45) is 0 Å². The summed E-state index contributed by atoms with van der Waals surface area (Å²) >= 11 is 0. The molecule has 1 amide bonds. The molecule has 0 aromatic heterocycles. The number of rotatable bonds is 7. The summed E-state index contributed by atoms with van der Waals surface area (Å²) in [5.41, 5.74) is 1.63. The zero-order valence-corrected chi connectivity index (χ0v) is 18.3. The van der Waals surface area contributed by atoms with Crippen LogP contribution in [-0.2, 0) is 4.74 Å². The molecule has 2 saturated heterocycles. The van der Waals surface area contributed by atoms with Crippen molar-refractivity contribution in [1.29, 1.82) is 0 Å². The van der Waals surface area contributed by atoms with Crippen molar-refractivity contribution < 1.29 is 24.5 Å². The molecule has 0 saturated carbocycles. The molecule has 2 aromatic carbocycles. The number of benzene rings is 2. The Morgan fingerprint density at radius 2 is 1.75 bits per heavy atom. The van der Waals surface area contributed by atoms with Crippen molar-refractivity contribution in [3.63, 3.8) is 0 Å². The van der Waals surface area contributed by atoms with E-state index in [4.69, 9.17) is 9.47 Å². The third kappa shape index (κ3) is 4.73. The van der Waals surface area contributed by atoms with E-state index in [9.17, 15) is 15.0 Å². The Bertz CT molecular complexity index is 888. The molecule has 8 heteroatoms. The number of carbonyl (C=O) groups excluding carboxylic acids is 1. The first kappa shape index (κ1) is 22.5. The Kier molecular flexibility index (Phi) is 7.26. The largest absolute Gasteiger partial charge is 0.495 e. The molecule has 2 aromatic rings. The number of carbonyl (C=O) groups is 1. The molecule has 172 valence electrons. The fraction of sp³-hybridized carbons (Fsp3) is 0.458. The standard InChI is InChI=1S/C24H31N3O5/c1-31-19-10-6-5-9-18(19)26-11-13-27(14-12-26)22-20(32-21(16-28)23(22)29)15-25-24(30)17-7-3-2-4-8-17/h2-10,20-23,28-29H,11-16H2,1H3,(H,25,30)/t20-,21+,22+,23-/m1/s1. The van der Waals surface area contributed by atoms with Crippen LogP contribution in [-0.4, -0.2) is 91.8 Å². The van der Waals surface area contributed by atoms with Crippen molar-refractivity contribution in [2.45, 2.75) is 24.4 Å². The molecule has 0 unspecified atom stereocenters. The number of aliphatic hydroxyl groups is 2. The maximum absolute atomic E-state index is 12.5. The fourth-order valence-corrected chi connectivity index (χ4v) is 4.63. The molecule has 2 aliphatic heterocycles. The van der Waals surface area contributed by atoms with E-state index < -0.39 is 18.3 Å². The van der Waals surface area contributed by atoms with Crippen LogP contribution in [0.5, 0.6) is 5.75 Å². The van der Waals surface area contributed by atoms with Crippen LogP contribution in [0.1, 0.15) is 10.4 Å². The molecule has 4 atom stereocenters. The summed E-state index contributed by atoms with van der Waals surface area (Å²) in [6, 6.07) is 16.6. The molecule has 8 nitrogen and oxygen atoms in total. The first-order valence-electron chi connectivity index (χ1n) is 11.0. The second-order valence-electron chi connectivity index (χ2n) is 8.15. The van der Waals surface area contributed by atoms with Gasteiger partial charge in [0.1, 0.15) is 18.0 Å². The SMILES string of the molecule is COc1ccccc1N1CCN([C@@H]2[C@H](O)[C@H](CO)O[C@@H]2CNC(=O)c2ccccc2)CC1. The smallest absolute Gasteiger partial charge is 0.251 e. The zero-order chi connectivity index (χ0) is 22.5. The summed E-state index contributed by atoms with van der Waals surface area (Å²) in [4.78, 5) is 16.9. The number of hydrogen-bond donors (Lipinski definition) is 3. The monoisotopic (exact) mass is 441 g/mol. The van der Waals surface area contributed by atoms with Crippen LogP contribution in [0.4, 0.5) is 5.69 Å². The maximum atomic E-state index is 12.5. The summed E-state index contributed by atoms with van der Waals surface area (Å²) in [5.74, 6) is 0.655. The Morgan fingerprint density at radius 1 is 1.06 bits per heavy atom. The normalized spacial score (nSPS) is 26.2. The van der Waals surface area contributed by atoms with Crippen molar-refractivity contribution in [3.8, 4) is 5.75 Å². The van der Waals surface area contributed by atoms with Gasteiger partial charge in [0.15, 0.2) is 0 Å². The zero-order valence-electron chi connectivity index (χ0n) is 18.3. The third-order valence-corrected chi connectivity index (χ3v) is 6.30. The van der Waals surface area contributed by atoms with E-state index >= 15 is 0 Å². The van der Waals surface area contributed by atoms with Gasteiger partial charge in [0.05, 0.1) is 31.5 Å². The van der Waals surface area contributed by atoms with E-state index in [0.717, 1.165) is 37.6 Å². The lowest BCUT2D eigenvalue weighted by Crippen LogP contribution is -2.57. The molecule has 2 heterocycles. The van der Waals surface area contributed by atoms with E-state index in [1.807, 2.05) is 42.5 Å². The molecule has 2 aliphatic rings. The van der Waals surface area contributed by atoms with Gasteiger partial charge >= 0.3 is 0 Å². The molecule has 2 fully saturated rings. The van der Waals surface area contributed by atoms with E-state index in [0.29, 0.717) is 5.56 Å². The van der Waals surface area contributed by atoms with Crippen molar-refractivity contribution in [3.05, 3.63) is 60.2 Å². The van der Waals surface area contributed by atoms with E-state index in [-0.39, 0.29) is 25.1 Å². The van der Waals surface area contributed by atoms with Gasteiger partial charge in [-0.1, -0.05) is 30.3 Å². The second-order valence-corrected chi connectivity index (χ2v) is 8.15. The van der Waals surface area contributed by atoms with Gasteiger partial charge in [0, 0.05) is 38.3 Å². The summed E-state index contributed by atoms with van der Waals surface area (Å²) < 4.78 is 11.4. The van der Waals surface area contributed by atoms with Crippen molar-refractivity contribution in [2.75, 3.05) is 51.3 Å². The average Bonchev–Trinajstić information content (AvgIpc) is 3.18. The Hall–Kier alpha value is -2.65. The predicted octanol–water partition coefficient (Wildman–Crippen LogP) is 0.736. The number of nitrogens with one attached hydrogen (secondary N) is 1. The average molecular weight is 442 g/mol. The number of methoxy groups -OCH3 is 1. The minimum absolute atomic E-state index is 0.184. The number of piperazine rings is 1. The van der Waals surface area contributed by atoms with Crippen molar-refractivity contribution >= 4 is 11.6 Å². The van der Waals surface area contributed by atoms with Gasteiger partial charge < -0.3 is 29.9 Å². The molecule has 32 heavy (non-hydrogen) atoms. The highest BCUT2D eigenvalue weighted by Crippen LogP contribution is 2.31. The lowest BCUT2D eigenvalue weighted by atomic mass is 10.0. The van der Waals surface area contributed by atoms with Crippen LogP contribution in [0.3, 0.4) is 0 Å². The third-order valence-electron chi connectivity index (χ3n) is 6.30. The van der Waals surface area contributed by atoms with E-state index in [1.165, 1.54) is 0 Å². The molecule has 4 rings (SSSR count). The van der Waals surface area contributed by atoms with Crippen LogP contribution in [0.25, 0.3) is 0 Å². The van der Waals surface area contributed by atoms with Gasteiger partial charge in [-0.15, -0.1) is 0 Å². The number of amides is 1. The minimum Gasteiger partial charge on any atom is -0.495 e. The lowest BCUT2D eigenvalue weighted by Gasteiger charge is -2.41. The lowest BCUT2D eigenvalue weighted by molar-refractivity contribution is -0.0209. The maximum Gasteiger partial charge on any atom is 0.251 e. The summed E-state index contributed by atoms with van der Waals surface area (Å²) in [6.07, 6.45) is -1.89. The van der Waals surface area contributed by atoms with Crippen LogP contribution in [0.2, 0.25) is 0 Å². The first-order chi connectivity index (χ1) is 15.6. The van der Waals surface area contributed by atoms with Gasteiger partial charge in [-0.25, -0.2) is 0 Å². The molecule has 3 N–H and O–H groups in total. The van der Waals surface area contributed by atoms with Crippen LogP contribution < -0.4 is 15.0 Å². The molecule has 0 aliphatic carbocycles. The highest BCUT2D eigenvalue weighted by atomic mass is 16.5. The first-order valence-corrected chi connectivity index (χ1v) is 11.0. The predicted molar refractivity (Wildman–Crippen MR) is 121 cm³/mol. The summed E-state index contributed by atoms with van der Waals surface area (Å²) in [5, 5.41) is 23.4. The Balaban J connectivity index is 1.40. The quantitative estimate of drug-likeness (QED) is 0.583. The minimum atomic E-state index is -0.823. The summed E-state index contributed by atoms with van der Waals surface area (Å²) in [6.45, 7) is 3.00. The highest BCUT2D eigenvalue weighted by molar-refractivity contribution is 5.94. The number of hydrogen-bond acceptors (Lipinski definition) is 7. The number of ether oxygens (including phenoxy) is 2. The second kappa shape index (κ2) is 10.3. The number of nitrogens with zero attached hydrogens (tertiary/aromatic N) is 2. The molecule has 0 spiro atoms. The van der Waals surface area contributed by atoms with Crippen LogP contribution >= 0.6 is 0 Å². The van der Waals surface area contributed by atoms with Gasteiger partial charge in [-0.3, -0.25) is 9.69 Å².